The molecule has 19 heavy (non-hydrogen) atoms. The van der Waals surface area contributed by atoms with Crippen molar-refractivity contribution in [2.24, 2.45) is 11.7 Å². The van der Waals surface area contributed by atoms with E-state index in [0.29, 0.717) is 0 Å². The average molecular weight is 275 g/mol. The lowest BCUT2D eigenvalue weighted by atomic mass is 9.94. The van der Waals surface area contributed by atoms with E-state index in [1.165, 1.54) is 19.2 Å². The first-order valence-electron chi connectivity index (χ1n) is 6.03. The third-order valence-corrected chi connectivity index (χ3v) is 3.40. The van der Waals surface area contributed by atoms with Crippen molar-refractivity contribution in [3.05, 3.63) is 29.3 Å². The first-order chi connectivity index (χ1) is 8.84. The number of hydrogen-bond acceptors (Lipinski definition) is 3. The number of alkyl halides is 3. The van der Waals surface area contributed by atoms with E-state index in [4.69, 9.17) is 10.5 Å². The van der Waals surface area contributed by atoms with Gasteiger partial charge in [0.15, 0.2) is 0 Å². The van der Waals surface area contributed by atoms with E-state index in [1.54, 1.807) is 0 Å². The lowest BCUT2D eigenvalue weighted by Gasteiger charge is -2.23. The molecule has 1 aliphatic carbocycles. The maximum absolute atomic E-state index is 13.0. The summed E-state index contributed by atoms with van der Waals surface area (Å²) in [5.41, 5.74) is 4.84. The summed E-state index contributed by atoms with van der Waals surface area (Å²) in [6.07, 6.45) is -3.83. The van der Waals surface area contributed by atoms with Crippen LogP contribution in [0.15, 0.2) is 18.2 Å². The molecule has 6 heteroatoms. The van der Waals surface area contributed by atoms with Crippen LogP contribution in [0.5, 0.6) is 5.75 Å². The Morgan fingerprint density at radius 3 is 2.47 bits per heavy atom. The maximum atomic E-state index is 13.0. The molecule has 1 fully saturated rings. The number of benzene rings is 1. The van der Waals surface area contributed by atoms with Crippen molar-refractivity contribution in [3.63, 3.8) is 0 Å². The Morgan fingerprint density at radius 1 is 1.37 bits per heavy atom. The Morgan fingerprint density at radius 2 is 2.00 bits per heavy atom. The van der Waals surface area contributed by atoms with Gasteiger partial charge in [0.05, 0.1) is 24.8 Å². The monoisotopic (exact) mass is 275 g/mol. The summed E-state index contributed by atoms with van der Waals surface area (Å²) in [4.78, 5) is 0. The van der Waals surface area contributed by atoms with E-state index in [1.807, 2.05) is 0 Å². The quantitative estimate of drug-likeness (QED) is 0.887. The second kappa shape index (κ2) is 5.02. The van der Waals surface area contributed by atoms with Gasteiger partial charge >= 0.3 is 6.18 Å². The molecule has 1 aliphatic rings. The van der Waals surface area contributed by atoms with Crippen LogP contribution in [-0.4, -0.2) is 18.3 Å². The topological polar surface area (TPSA) is 55.5 Å². The Balaban J connectivity index is 2.37. The Kier molecular flexibility index (Phi) is 3.73. The molecule has 0 aliphatic heterocycles. The summed E-state index contributed by atoms with van der Waals surface area (Å²) in [5, 5.41) is 9.90. The highest BCUT2D eigenvalue weighted by atomic mass is 19.4. The zero-order chi connectivity index (χ0) is 14.2. The molecule has 0 saturated heterocycles. The van der Waals surface area contributed by atoms with E-state index >= 15 is 0 Å². The van der Waals surface area contributed by atoms with Gasteiger partial charge in [-0.1, -0.05) is 6.07 Å². The van der Waals surface area contributed by atoms with E-state index in [9.17, 15) is 18.3 Å². The lowest BCUT2D eigenvalue weighted by Crippen LogP contribution is -2.30. The fourth-order valence-electron chi connectivity index (χ4n) is 2.11. The molecule has 3 N–H and O–H groups in total. The second-order valence-electron chi connectivity index (χ2n) is 4.80. The van der Waals surface area contributed by atoms with Crippen LogP contribution in [0.4, 0.5) is 13.2 Å². The summed E-state index contributed by atoms with van der Waals surface area (Å²) >= 11 is 0. The minimum absolute atomic E-state index is 0.0122. The zero-order valence-electron chi connectivity index (χ0n) is 10.4. The summed E-state index contributed by atoms with van der Waals surface area (Å²) in [6, 6.07) is 2.58. The average Bonchev–Trinajstić information content (AvgIpc) is 3.19. The highest BCUT2D eigenvalue weighted by Gasteiger charge is 2.40. The largest absolute Gasteiger partial charge is 0.497 e. The van der Waals surface area contributed by atoms with Gasteiger partial charge in [0.1, 0.15) is 5.75 Å². The molecule has 0 unspecified atom stereocenters. The molecule has 1 aromatic carbocycles. The van der Waals surface area contributed by atoms with Crippen molar-refractivity contribution in [1.29, 1.82) is 0 Å². The standard InChI is InChI=1S/C13H16F3NO2/c1-19-8-4-5-9(10(6-8)13(14,15)16)11(17)12(18)7-2-3-7/h4-7,11-12,18H,2-3,17H2,1H3/t11-,12+/m0/s1. The van der Waals surface area contributed by atoms with Crippen molar-refractivity contribution in [3.8, 4) is 5.75 Å². The summed E-state index contributed by atoms with van der Waals surface area (Å²) < 4.78 is 43.8. The number of ether oxygens (including phenoxy) is 1. The van der Waals surface area contributed by atoms with Gasteiger partial charge in [-0.2, -0.15) is 13.2 Å². The van der Waals surface area contributed by atoms with Crippen molar-refractivity contribution in [2.75, 3.05) is 7.11 Å². The highest BCUT2D eigenvalue weighted by Crippen LogP contribution is 2.41. The normalized spacial score (nSPS) is 19.1. The number of methoxy groups -OCH3 is 1. The highest BCUT2D eigenvalue weighted by molar-refractivity contribution is 5.39. The van der Waals surface area contributed by atoms with Crippen LogP contribution in [0.2, 0.25) is 0 Å². The van der Waals surface area contributed by atoms with Gasteiger partial charge in [0.2, 0.25) is 0 Å². The van der Waals surface area contributed by atoms with Crippen molar-refractivity contribution >= 4 is 0 Å². The van der Waals surface area contributed by atoms with E-state index in [2.05, 4.69) is 0 Å². The molecule has 0 bridgehead atoms. The van der Waals surface area contributed by atoms with Crippen LogP contribution in [0.3, 0.4) is 0 Å². The number of halogens is 3. The molecule has 2 atom stereocenters. The van der Waals surface area contributed by atoms with E-state index in [-0.39, 0.29) is 17.2 Å². The fraction of sp³-hybridized carbons (Fsp3) is 0.538. The molecular weight excluding hydrogens is 259 g/mol. The summed E-state index contributed by atoms with van der Waals surface area (Å²) in [6.45, 7) is 0. The molecule has 1 saturated carbocycles. The third-order valence-electron chi connectivity index (χ3n) is 3.40. The van der Waals surface area contributed by atoms with Gasteiger partial charge in [0, 0.05) is 0 Å². The smallest absolute Gasteiger partial charge is 0.416 e. The molecule has 3 nitrogen and oxygen atoms in total. The summed E-state index contributed by atoms with van der Waals surface area (Å²) in [5.74, 6) is 0.127. The molecule has 0 spiro atoms. The predicted octanol–water partition coefficient (Wildman–Crippen LogP) is 2.48. The molecule has 1 aromatic rings. The molecule has 0 radical (unpaired) electrons. The first kappa shape index (κ1) is 14.1. The SMILES string of the molecule is COc1ccc([C@H](N)[C@H](O)C2CC2)c(C(F)(F)F)c1. The number of nitrogens with two attached hydrogens (primary N) is 1. The number of hydrogen-bond donors (Lipinski definition) is 2. The minimum Gasteiger partial charge on any atom is -0.497 e. The molecule has 2 rings (SSSR count). The lowest BCUT2D eigenvalue weighted by molar-refractivity contribution is -0.138. The zero-order valence-corrected chi connectivity index (χ0v) is 10.4. The predicted molar refractivity (Wildman–Crippen MR) is 63.7 cm³/mol. The van der Waals surface area contributed by atoms with Crippen LogP contribution < -0.4 is 10.5 Å². The van der Waals surface area contributed by atoms with Crippen LogP contribution >= 0.6 is 0 Å². The Bertz CT molecular complexity index is 458. The van der Waals surface area contributed by atoms with Crippen LogP contribution in [0.1, 0.15) is 30.0 Å². The fourth-order valence-corrected chi connectivity index (χ4v) is 2.11. The Hall–Kier alpha value is -1.27. The molecule has 0 heterocycles. The van der Waals surface area contributed by atoms with Gasteiger partial charge < -0.3 is 15.6 Å². The van der Waals surface area contributed by atoms with Gasteiger partial charge in [-0.3, -0.25) is 0 Å². The van der Waals surface area contributed by atoms with Gasteiger partial charge in [-0.05, 0) is 36.5 Å². The minimum atomic E-state index is -4.52. The van der Waals surface area contributed by atoms with Gasteiger partial charge in [-0.15, -0.1) is 0 Å². The molecule has 0 aromatic heterocycles. The van der Waals surface area contributed by atoms with Gasteiger partial charge in [0.25, 0.3) is 0 Å². The maximum Gasteiger partial charge on any atom is 0.416 e. The summed E-state index contributed by atoms with van der Waals surface area (Å²) in [7, 11) is 1.30. The molecular formula is C13H16F3NO2. The number of rotatable bonds is 4. The van der Waals surface area contributed by atoms with E-state index < -0.39 is 23.9 Å². The van der Waals surface area contributed by atoms with Crippen LogP contribution in [0.25, 0.3) is 0 Å². The molecule has 106 valence electrons. The van der Waals surface area contributed by atoms with E-state index in [0.717, 1.165) is 18.9 Å². The second-order valence-corrected chi connectivity index (χ2v) is 4.80. The van der Waals surface area contributed by atoms with Crippen molar-refractivity contribution < 1.29 is 23.0 Å². The first-order valence-corrected chi connectivity index (χ1v) is 6.03. The Labute approximate surface area is 109 Å². The van der Waals surface area contributed by atoms with Crippen LogP contribution in [0, 0.1) is 5.92 Å². The molecule has 0 amide bonds. The van der Waals surface area contributed by atoms with Crippen molar-refractivity contribution in [1.82, 2.24) is 0 Å². The number of aliphatic hydroxyl groups excluding tert-OH is 1. The number of aliphatic hydroxyl groups is 1. The van der Waals surface area contributed by atoms with Gasteiger partial charge in [-0.25, -0.2) is 0 Å². The third kappa shape index (κ3) is 3.01. The van der Waals surface area contributed by atoms with Crippen molar-refractivity contribution in [2.45, 2.75) is 31.2 Å². The van der Waals surface area contributed by atoms with Crippen LogP contribution in [-0.2, 0) is 6.18 Å².